The molecular weight excluding hydrogens is 272 g/mol. The van der Waals surface area contributed by atoms with Crippen molar-refractivity contribution < 1.29 is 0 Å². The van der Waals surface area contributed by atoms with Crippen LogP contribution < -0.4 is 5.43 Å². The Morgan fingerprint density at radius 1 is 0.882 bits per heavy atom. The molecule has 0 aliphatic carbocycles. The molecule has 3 heterocycles. The minimum atomic E-state index is -0.0967. The van der Waals surface area contributed by atoms with Crippen LogP contribution >= 0.6 is 34.4 Å². The quantitative estimate of drug-likeness (QED) is 0.722. The van der Waals surface area contributed by atoms with Crippen molar-refractivity contribution in [1.29, 1.82) is 0 Å². The van der Waals surface area contributed by atoms with E-state index in [1.807, 2.05) is 33.7 Å². The number of hydrogen-bond donors (Lipinski definition) is 0. The first-order valence-electron chi connectivity index (χ1n) is 4.78. The van der Waals surface area contributed by atoms with Gasteiger partial charge in [-0.1, -0.05) is 0 Å². The molecule has 0 saturated heterocycles. The van der Waals surface area contributed by atoms with Gasteiger partial charge in [-0.15, -0.1) is 0 Å². The summed E-state index contributed by atoms with van der Waals surface area (Å²) in [6.07, 6.45) is 0. The molecule has 0 radical (unpaired) electrons. The van der Waals surface area contributed by atoms with Crippen LogP contribution in [-0.4, -0.2) is 8.75 Å². The Bertz CT molecular complexity index is 616. The van der Waals surface area contributed by atoms with Gasteiger partial charge in [-0.3, -0.25) is 4.79 Å². The molecule has 0 bridgehead atoms. The zero-order chi connectivity index (χ0) is 11.7. The molecule has 17 heavy (non-hydrogen) atoms. The number of thiophene rings is 2. The lowest BCUT2D eigenvalue weighted by molar-refractivity contribution is 1.35. The van der Waals surface area contributed by atoms with Gasteiger partial charge in [-0.05, 0) is 22.9 Å². The standard InChI is InChI=1S/C11H6N2OS3/c14-11-9(7-1-3-15-5-7)12-17-13-10(11)8-2-4-16-6-8/h1-6H. The molecule has 0 amide bonds. The molecular formula is C11H6N2OS3. The van der Waals surface area contributed by atoms with E-state index in [4.69, 9.17) is 0 Å². The van der Waals surface area contributed by atoms with Crippen molar-refractivity contribution in [3.8, 4) is 22.5 Å². The first-order chi connectivity index (χ1) is 8.36. The van der Waals surface area contributed by atoms with Crippen LogP contribution in [0, 0.1) is 0 Å². The second-order valence-corrected chi connectivity index (χ2v) is 5.40. The largest absolute Gasteiger partial charge is 0.285 e. The highest BCUT2D eigenvalue weighted by atomic mass is 32.1. The second-order valence-electron chi connectivity index (χ2n) is 3.31. The van der Waals surface area contributed by atoms with Crippen LogP contribution in [0.4, 0.5) is 0 Å². The maximum atomic E-state index is 12.3. The lowest BCUT2D eigenvalue weighted by atomic mass is 10.1. The van der Waals surface area contributed by atoms with E-state index in [9.17, 15) is 4.79 Å². The van der Waals surface area contributed by atoms with Gasteiger partial charge in [0, 0.05) is 21.9 Å². The zero-order valence-electron chi connectivity index (χ0n) is 8.49. The van der Waals surface area contributed by atoms with E-state index in [1.165, 1.54) is 0 Å². The van der Waals surface area contributed by atoms with Gasteiger partial charge < -0.3 is 0 Å². The molecule has 0 fully saturated rings. The summed E-state index contributed by atoms with van der Waals surface area (Å²) in [5.41, 5.74) is 2.63. The van der Waals surface area contributed by atoms with E-state index < -0.39 is 0 Å². The summed E-state index contributed by atoms with van der Waals surface area (Å²) in [6.45, 7) is 0. The third-order valence-electron chi connectivity index (χ3n) is 2.28. The highest BCUT2D eigenvalue weighted by molar-refractivity contribution is 7.08. The summed E-state index contributed by atoms with van der Waals surface area (Å²) in [4.78, 5) is 12.3. The van der Waals surface area contributed by atoms with Gasteiger partial charge in [0.2, 0.25) is 5.43 Å². The molecule has 0 aliphatic heterocycles. The van der Waals surface area contributed by atoms with Crippen molar-refractivity contribution in [3.63, 3.8) is 0 Å². The summed E-state index contributed by atoms with van der Waals surface area (Å²) < 4.78 is 8.24. The van der Waals surface area contributed by atoms with Crippen LogP contribution in [0.3, 0.4) is 0 Å². The van der Waals surface area contributed by atoms with Gasteiger partial charge in [0.05, 0.1) is 11.7 Å². The molecule has 6 heteroatoms. The van der Waals surface area contributed by atoms with E-state index in [2.05, 4.69) is 8.75 Å². The predicted octanol–water partition coefficient (Wildman–Crippen LogP) is 3.36. The fourth-order valence-corrected chi connectivity index (χ4v) is 3.33. The predicted molar refractivity (Wildman–Crippen MR) is 72.8 cm³/mol. The lowest BCUT2D eigenvalue weighted by Gasteiger charge is -1.97. The summed E-state index contributed by atoms with van der Waals surface area (Å²) in [7, 11) is 0. The van der Waals surface area contributed by atoms with Crippen molar-refractivity contribution in [2.75, 3.05) is 0 Å². The number of rotatable bonds is 2. The maximum absolute atomic E-state index is 12.3. The van der Waals surface area contributed by atoms with Crippen molar-refractivity contribution in [2.45, 2.75) is 0 Å². The SMILES string of the molecule is O=c1c(-c2ccsc2)nsnc1-c1ccsc1. The molecule has 0 saturated carbocycles. The normalized spacial score (nSPS) is 10.6. The van der Waals surface area contributed by atoms with Gasteiger partial charge in [0.25, 0.3) is 0 Å². The minimum Gasteiger partial charge on any atom is -0.285 e. The van der Waals surface area contributed by atoms with E-state index >= 15 is 0 Å². The van der Waals surface area contributed by atoms with Crippen molar-refractivity contribution in [2.24, 2.45) is 0 Å². The number of nitrogens with zero attached hydrogens (tertiary/aromatic N) is 2. The number of hydrogen-bond acceptors (Lipinski definition) is 6. The Labute approximate surface area is 109 Å². The van der Waals surface area contributed by atoms with Crippen LogP contribution in [0.15, 0.2) is 38.4 Å². The molecule has 0 aromatic carbocycles. The average Bonchev–Trinajstić information content (AvgIpc) is 3.02. The first-order valence-corrected chi connectivity index (χ1v) is 7.40. The lowest BCUT2D eigenvalue weighted by Crippen LogP contribution is -2.09. The fourth-order valence-electron chi connectivity index (χ4n) is 1.46. The topological polar surface area (TPSA) is 42.9 Å². The van der Waals surface area contributed by atoms with Gasteiger partial charge >= 0.3 is 0 Å². The van der Waals surface area contributed by atoms with Crippen molar-refractivity contribution in [3.05, 3.63) is 43.9 Å². The maximum Gasteiger partial charge on any atom is 0.233 e. The van der Waals surface area contributed by atoms with Gasteiger partial charge in [-0.25, -0.2) is 0 Å². The fraction of sp³-hybridized carbons (Fsp3) is 0. The first kappa shape index (κ1) is 10.8. The molecule has 0 aliphatic rings. The molecule has 3 aromatic heterocycles. The van der Waals surface area contributed by atoms with Crippen LogP contribution in [-0.2, 0) is 0 Å². The van der Waals surface area contributed by atoms with Crippen LogP contribution in [0.1, 0.15) is 0 Å². The van der Waals surface area contributed by atoms with Crippen molar-refractivity contribution in [1.82, 2.24) is 8.75 Å². The Morgan fingerprint density at radius 3 is 1.82 bits per heavy atom. The average molecular weight is 278 g/mol. The molecule has 3 nitrogen and oxygen atoms in total. The van der Waals surface area contributed by atoms with Gasteiger partial charge in [0.1, 0.15) is 11.4 Å². The summed E-state index contributed by atoms with van der Waals surface area (Å²) in [5.74, 6) is 0. The third kappa shape index (κ3) is 1.95. The zero-order valence-corrected chi connectivity index (χ0v) is 10.9. The Kier molecular flexibility index (Phi) is 2.84. The Morgan fingerprint density at radius 2 is 1.41 bits per heavy atom. The molecule has 0 unspecified atom stereocenters. The van der Waals surface area contributed by atoms with E-state index in [1.54, 1.807) is 22.7 Å². The van der Waals surface area contributed by atoms with Gasteiger partial charge in [0.15, 0.2) is 0 Å². The summed E-state index contributed by atoms with van der Waals surface area (Å²) in [6, 6.07) is 3.80. The molecule has 3 rings (SSSR count). The van der Waals surface area contributed by atoms with Gasteiger partial charge in [-0.2, -0.15) is 31.4 Å². The third-order valence-corrected chi connectivity index (χ3v) is 4.18. The highest BCUT2D eigenvalue weighted by Gasteiger charge is 2.12. The Hall–Kier alpha value is -1.37. The molecule has 3 aromatic rings. The minimum absolute atomic E-state index is 0.0967. The highest BCUT2D eigenvalue weighted by Crippen LogP contribution is 2.21. The summed E-state index contributed by atoms with van der Waals surface area (Å²) in [5, 5.41) is 7.72. The molecule has 0 N–H and O–H groups in total. The smallest absolute Gasteiger partial charge is 0.233 e. The van der Waals surface area contributed by atoms with Crippen LogP contribution in [0.25, 0.3) is 22.5 Å². The molecule has 0 atom stereocenters. The monoisotopic (exact) mass is 278 g/mol. The number of aromatic nitrogens is 2. The van der Waals surface area contributed by atoms with E-state index in [0.29, 0.717) is 11.4 Å². The van der Waals surface area contributed by atoms with E-state index in [-0.39, 0.29) is 5.43 Å². The second kappa shape index (κ2) is 4.48. The van der Waals surface area contributed by atoms with Crippen molar-refractivity contribution >= 4 is 34.4 Å². The Balaban J connectivity index is 2.21. The summed E-state index contributed by atoms with van der Waals surface area (Å²) >= 11 is 4.18. The van der Waals surface area contributed by atoms with E-state index in [0.717, 1.165) is 22.9 Å². The molecule has 84 valence electrons. The molecule has 0 spiro atoms. The van der Waals surface area contributed by atoms with Crippen LogP contribution in [0.2, 0.25) is 0 Å². The van der Waals surface area contributed by atoms with Crippen LogP contribution in [0.5, 0.6) is 0 Å².